The third-order valence-corrected chi connectivity index (χ3v) is 2.40. The molecule has 0 spiro atoms. The van der Waals surface area contributed by atoms with Gasteiger partial charge >= 0.3 is 0 Å². The summed E-state index contributed by atoms with van der Waals surface area (Å²) >= 11 is 5.95. The highest BCUT2D eigenvalue weighted by Crippen LogP contribution is 2.19. The first-order valence-electron chi connectivity index (χ1n) is 5.35. The van der Waals surface area contributed by atoms with E-state index in [1.807, 2.05) is 27.1 Å². The van der Waals surface area contributed by atoms with E-state index in [0.717, 1.165) is 11.5 Å². The van der Waals surface area contributed by atoms with Crippen molar-refractivity contribution < 1.29 is 0 Å². The Balaban J connectivity index is 2.26. The Morgan fingerprint density at radius 1 is 1.35 bits per heavy atom. The van der Waals surface area contributed by atoms with Gasteiger partial charge in [0.2, 0.25) is 0 Å². The van der Waals surface area contributed by atoms with E-state index in [4.69, 9.17) is 11.6 Å². The van der Waals surface area contributed by atoms with Crippen LogP contribution in [-0.2, 0) is 7.05 Å². The minimum absolute atomic E-state index is 0.239. The Morgan fingerprint density at radius 2 is 2.12 bits per heavy atom. The van der Waals surface area contributed by atoms with Crippen LogP contribution in [-0.4, -0.2) is 19.7 Å². The maximum atomic E-state index is 5.95. The Kier molecular flexibility index (Phi) is 3.28. The molecule has 0 aliphatic carbocycles. The summed E-state index contributed by atoms with van der Waals surface area (Å²) in [6.45, 7) is 4.05. The quantitative estimate of drug-likeness (QED) is 0.853. The highest BCUT2D eigenvalue weighted by atomic mass is 35.5. The van der Waals surface area contributed by atoms with Crippen molar-refractivity contribution in [2.75, 3.05) is 5.32 Å². The number of anilines is 2. The van der Waals surface area contributed by atoms with Crippen LogP contribution in [0.5, 0.6) is 0 Å². The maximum Gasteiger partial charge on any atom is 0.135 e. The summed E-state index contributed by atoms with van der Waals surface area (Å²) in [6.07, 6.45) is 3.59. The smallest absolute Gasteiger partial charge is 0.135 e. The minimum atomic E-state index is 0.239. The molecule has 0 aliphatic heterocycles. The van der Waals surface area contributed by atoms with Crippen LogP contribution >= 0.6 is 11.6 Å². The van der Waals surface area contributed by atoms with Gasteiger partial charge in [-0.05, 0) is 0 Å². The van der Waals surface area contributed by atoms with Gasteiger partial charge in [-0.2, -0.15) is 5.10 Å². The van der Waals surface area contributed by atoms with Crippen LogP contribution in [0.1, 0.15) is 25.6 Å². The molecule has 5 nitrogen and oxygen atoms in total. The van der Waals surface area contributed by atoms with Crippen molar-refractivity contribution in [2.45, 2.75) is 19.8 Å². The summed E-state index contributed by atoms with van der Waals surface area (Å²) in [7, 11) is 1.86. The maximum absolute atomic E-state index is 5.95. The molecule has 90 valence electrons. The Labute approximate surface area is 105 Å². The van der Waals surface area contributed by atoms with Crippen molar-refractivity contribution >= 4 is 23.1 Å². The molecular formula is C11H14ClN5. The van der Waals surface area contributed by atoms with Gasteiger partial charge in [0.05, 0.1) is 11.9 Å². The molecule has 2 aromatic heterocycles. The highest BCUT2D eigenvalue weighted by Gasteiger charge is 2.07. The van der Waals surface area contributed by atoms with Crippen LogP contribution in [0.3, 0.4) is 0 Å². The zero-order chi connectivity index (χ0) is 12.4. The molecule has 2 rings (SSSR count). The van der Waals surface area contributed by atoms with Crippen LogP contribution < -0.4 is 5.32 Å². The largest absolute Gasteiger partial charge is 0.338 e. The average molecular weight is 252 g/mol. The summed E-state index contributed by atoms with van der Waals surface area (Å²) < 4.78 is 1.72. The fraction of sp³-hybridized carbons (Fsp3) is 0.364. The molecule has 2 aromatic rings. The van der Waals surface area contributed by atoms with Crippen molar-refractivity contribution in [3.8, 4) is 0 Å². The molecule has 1 N–H and O–H groups in total. The van der Waals surface area contributed by atoms with Gasteiger partial charge in [-0.25, -0.2) is 9.97 Å². The molecule has 0 unspecified atom stereocenters. The number of aryl methyl sites for hydroxylation is 1. The van der Waals surface area contributed by atoms with Crippen molar-refractivity contribution in [2.24, 2.45) is 7.05 Å². The lowest BCUT2D eigenvalue weighted by atomic mass is 10.2. The standard InChI is InChI=1S/C11H14ClN5/c1-7(2)11-15-9(12)4-10(16-11)14-8-5-13-17(3)6-8/h4-7H,1-3H3,(H,14,15,16). The molecule has 0 atom stereocenters. The van der Waals surface area contributed by atoms with Crippen LogP contribution in [0.25, 0.3) is 0 Å². The lowest BCUT2D eigenvalue weighted by Crippen LogP contribution is -2.01. The van der Waals surface area contributed by atoms with Gasteiger partial charge < -0.3 is 5.32 Å². The average Bonchev–Trinajstić information content (AvgIpc) is 2.63. The van der Waals surface area contributed by atoms with E-state index in [-0.39, 0.29) is 5.92 Å². The van der Waals surface area contributed by atoms with E-state index < -0.39 is 0 Å². The van der Waals surface area contributed by atoms with E-state index in [9.17, 15) is 0 Å². The van der Waals surface area contributed by atoms with Gasteiger partial charge in [-0.15, -0.1) is 0 Å². The van der Waals surface area contributed by atoms with Crippen LogP contribution in [0, 0.1) is 0 Å². The topological polar surface area (TPSA) is 55.6 Å². The molecule has 0 saturated carbocycles. The molecule has 0 aromatic carbocycles. The molecule has 0 saturated heterocycles. The number of rotatable bonds is 3. The SMILES string of the molecule is CC(C)c1nc(Cl)cc(Nc2cnn(C)c2)n1. The monoisotopic (exact) mass is 251 g/mol. The third-order valence-electron chi connectivity index (χ3n) is 2.21. The van der Waals surface area contributed by atoms with E-state index in [1.165, 1.54) is 0 Å². The highest BCUT2D eigenvalue weighted by molar-refractivity contribution is 6.29. The van der Waals surface area contributed by atoms with Gasteiger partial charge in [0.25, 0.3) is 0 Å². The summed E-state index contributed by atoms with van der Waals surface area (Å²) in [5, 5.41) is 7.65. The molecule has 0 amide bonds. The molecule has 0 fully saturated rings. The third kappa shape index (κ3) is 2.94. The molecule has 0 aliphatic rings. The van der Waals surface area contributed by atoms with Gasteiger partial charge in [-0.3, -0.25) is 4.68 Å². The number of hydrogen-bond acceptors (Lipinski definition) is 4. The zero-order valence-electron chi connectivity index (χ0n) is 9.98. The predicted molar refractivity (Wildman–Crippen MR) is 67.6 cm³/mol. The molecule has 6 heteroatoms. The number of halogens is 1. The van der Waals surface area contributed by atoms with E-state index in [1.54, 1.807) is 16.9 Å². The molecule has 17 heavy (non-hydrogen) atoms. The molecule has 2 heterocycles. The lowest BCUT2D eigenvalue weighted by molar-refractivity contribution is 0.768. The second-order valence-corrected chi connectivity index (χ2v) is 4.50. The fourth-order valence-electron chi connectivity index (χ4n) is 1.39. The van der Waals surface area contributed by atoms with Crippen molar-refractivity contribution in [3.63, 3.8) is 0 Å². The Bertz CT molecular complexity index is 520. The normalized spacial score (nSPS) is 10.9. The number of aromatic nitrogens is 4. The van der Waals surface area contributed by atoms with Gasteiger partial charge in [0.1, 0.15) is 16.8 Å². The van der Waals surface area contributed by atoms with Crippen LogP contribution in [0.15, 0.2) is 18.5 Å². The Hall–Kier alpha value is -1.62. The summed E-state index contributed by atoms with van der Waals surface area (Å²) in [5.74, 6) is 1.65. The van der Waals surface area contributed by atoms with Crippen molar-refractivity contribution in [1.82, 2.24) is 19.7 Å². The number of nitrogens with zero attached hydrogens (tertiary/aromatic N) is 4. The number of nitrogens with one attached hydrogen (secondary N) is 1. The van der Waals surface area contributed by atoms with Gasteiger partial charge in [-0.1, -0.05) is 25.4 Å². The molecule has 0 bridgehead atoms. The molecular weight excluding hydrogens is 238 g/mol. The molecule has 0 radical (unpaired) electrons. The first kappa shape index (κ1) is 11.9. The van der Waals surface area contributed by atoms with Crippen LogP contribution in [0.4, 0.5) is 11.5 Å². The first-order chi connectivity index (χ1) is 8.04. The summed E-state index contributed by atoms with van der Waals surface area (Å²) in [5.41, 5.74) is 0.872. The van der Waals surface area contributed by atoms with Gasteiger partial charge in [0.15, 0.2) is 0 Å². The summed E-state index contributed by atoms with van der Waals surface area (Å²) in [4.78, 5) is 8.57. The van der Waals surface area contributed by atoms with E-state index in [2.05, 4.69) is 20.4 Å². The van der Waals surface area contributed by atoms with E-state index >= 15 is 0 Å². The minimum Gasteiger partial charge on any atom is -0.338 e. The Morgan fingerprint density at radius 3 is 2.71 bits per heavy atom. The predicted octanol–water partition coefficient (Wildman–Crippen LogP) is 2.73. The fourth-order valence-corrected chi connectivity index (χ4v) is 1.58. The van der Waals surface area contributed by atoms with Crippen LogP contribution in [0.2, 0.25) is 5.15 Å². The van der Waals surface area contributed by atoms with Crippen molar-refractivity contribution in [1.29, 1.82) is 0 Å². The zero-order valence-corrected chi connectivity index (χ0v) is 10.7. The summed E-state index contributed by atoms with van der Waals surface area (Å²) in [6, 6.07) is 1.69. The van der Waals surface area contributed by atoms with Gasteiger partial charge in [0, 0.05) is 25.2 Å². The van der Waals surface area contributed by atoms with E-state index in [0.29, 0.717) is 11.0 Å². The van der Waals surface area contributed by atoms with Crippen molar-refractivity contribution in [3.05, 3.63) is 29.4 Å². The number of hydrogen-bond donors (Lipinski definition) is 1. The first-order valence-corrected chi connectivity index (χ1v) is 5.72. The second-order valence-electron chi connectivity index (χ2n) is 4.12. The lowest BCUT2D eigenvalue weighted by Gasteiger charge is -2.08. The second kappa shape index (κ2) is 4.71.